The maximum Gasteiger partial charge on any atom is 0.299 e. The third-order valence-electron chi connectivity index (χ3n) is 0.727. The quantitative estimate of drug-likeness (QED) is 0.311. The summed E-state index contributed by atoms with van der Waals surface area (Å²) in [7, 11) is 0. The van der Waals surface area contributed by atoms with Crippen LogP contribution in [0.4, 0.5) is 0 Å². The van der Waals surface area contributed by atoms with Gasteiger partial charge < -0.3 is 14.9 Å². The molecular weight excluding hydrogens is 96.0 g/mol. The van der Waals surface area contributed by atoms with Crippen LogP contribution >= 0.6 is 0 Å². The summed E-state index contributed by atoms with van der Waals surface area (Å²) in [5.74, 6) is -1.99. The van der Waals surface area contributed by atoms with Crippen LogP contribution in [0.2, 0.25) is 0 Å². The van der Waals surface area contributed by atoms with Crippen molar-refractivity contribution in [3.05, 3.63) is 12.2 Å². The molecule has 0 radical (unpaired) electrons. The molecular formula is C4H6O3. The number of hydrogen-bond acceptors (Lipinski definition) is 3. The molecule has 0 saturated carbocycles. The van der Waals surface area contributed by atoms with Crippen molar-refractivity contribution in [2.75, 3.05) is 6.61 Å². The first kappa shape index (κ1) is 4.77. The van der Waals surface area contributed by atoms with Gasteiger partial charge in [0.1, 0.15) is 0 Å². The highest BCUT2D eigenvalue weighted by Gasteiger charge is 2.22. The van der Waals surface area contributed by atoms with Crippen LogP contribution in [0.5, 0.6) is 0 Å². The molecule has 1 aliphatic heterocycles. The van der Waals surface area contributed by atoms with Crippen molar-refractivity contribution in [2.45, 2.75) is 5.97 Å². The Balaban J connectivity index is 2.57. The average molecular weight is 102 g/mol. The molecule has 1 rings (SSSR count). The zero-order chi connectivity index (χ0) is 5.33. The minimum absolute atomic E-state index is 0.285. The van der Waals surface area contributed by atoms with Crippen LogP contribution in [0.1, 0.15) is 0 Å². The van der Waals surface area contributed by atoms with Crippen molar-refractivity contribution in [1.82, 2.24) is 0 Å². The predicted molar refractivity (Wildman–Crippen MR) is 22.3 cm³/mol. The van der Waals surface area contributed by atoms with Crippen LogP contribution in [0.15, 0.2) is 12.2 Å². The second kappa shape index (κ2) is 1.30. The zero-order valence-electron chi connectivity index (χ0n) is 3.66. The summed E-state index contributed by atoms with van der Waals surface area (Å²) in [6.07, 6.45) is 2.73. The molecule has 1 aliphatic rings. The summed E-state index contributed by atoms with van der Waals surface area (Å²) in [5, 5.41) is 16.9. The van der Waals surface area contributed by atoms with Gasteiger partial charge in [0.05, 0.1) is 6.61 Å². The van der Waals surface area contributed by atoms with Crippen molar-refractivity contribution in [1.29, 1.82) is 0 Å². The molecule has 0 spiro atoms. The molecule has 2 N–H and O–H groups in total. The van der Waals surface area contributed by atoms with Gasteiger partial charge in [-0.2, -0.15) is 0 Å². The predicted octanol–water partition coefficient (Wildman–Crippen LogP) is -0.789. The molecule has 7 heavy (non-hydrogen) atoms. The molecule has 0 aliphatic carbocycles. The van der Waals surface area contributed by atoms with Gasteiger partial charge in [0.15, 0.2) is 0 Å². The molecule has 0 atom stereocenters. The van der Waals surface area contributed by atoms with E-state index in [1.165, 1.54) is 6.08 Å². The lowest BCUT2D eigenvalue weighted by atomic mass is 10.5. The second-order valence-corrected chi connectivity index (χ2v) is 1.37. The molecule has 0 fully saturated rings. The first-order chi connectivity index (χ1) is 3.21. The summed E-state index contributed by atoms with van der Waals surface area (Å²) in [6.45, 7) is 0.285. The van der Waals surface area contributed by atoms with Crippen molar-refractivity contribution in [3.8, 4) is 0 Å². The van der Waals surface area contributed by atoms with E-state index in [0.717, 1.165) is 0 Å². The molecule has 40 valence electrons. The Labute approximate surface area is 40.8 Å². The van der Waals surface area contributed by atoms with Crippen LogP contribution in [-0.2, 0) is 4.74 Å². The average Bonchev–Trinajstić information content (AvgIpc) is 1.84. The normalized spacial score (nSPS) is 26.0. The highest BCUT2D eigenvalue weighted by Crippen LogP contribution is 2.09. The van der Waals surface area contributed by atoms with E-state index in [4.69, 9.17) is 10.2 Å². The summed E-state index contributed by atoms with van der Waals surface area (Å²) in [6, 6.07) is 0. The first-order valence-corrected chi connectivity index (χ1v) is 1.97. The third-order valence-corrected chi connectivity index (χ3v) is 0.727. The van der Waals surface area contributed by atoms with Crippen LogP contribution in [0.25, 0.3) is 0 Å². The van der Waals surface area contributed by atoms with E-state index in [0.29, 0.717) is 0 Å². The largest absolute Gasteiger partial charge is 0.340 e. The molecule has 0 amide bonds. The third kappa shape index (κ3) is 0.991. The first-order valence-electron chi connectivity index (χ1n) is 1.97. The molecule has 0 aromatic carbocycles. The second-order valence-electron chi connectivity index (χ2n) is 1.37. The Kier molecular flexibility index (Phi) is 0.883. The molecule has 0 unspecified atom stereocenters. The Hall–Kier alpha value is -0.380. The van der Waals surface area contributed by atoms with E-state index < -0.39 is 5.97 Å². The van der Waals surface area contributed by atoms with Crippen LogP contribution in [0.3, 0.4) is 0 Å². The van der Waals surface area contributed by atoms with Crippen molar-refractivity contribution in [2.24, 2.45) is 0 Å². The highest BCUT2D eigenvalue weighted by atomic mass is 16.8. The van der Waals surface area contributed by atoms with E-state index in [-0.39, 0.29) is 6.61 Å². The number of hydrogen-bond donors (Lipinski definition) is 2. The van der Waals surface area contributed by atoms with Gasteiger partial charge in [-0.25, -0.2) is 0 Å². The molecule has 3 heteroatoms. The van der Waals surface area contributed by atoms with E-state index >= 15 is 0 Å². The number of rotatable bonds is 0. The molecule has 0 bridgehead atoms. The van der Waals surface area contributed by atoms with Gasteiger partial charge in [0.25, 0.3) is 5.97 Å². The van der Waals surface area contributed by atoms with Crippen LogP contribution < -0.4 is 0 Å². The van der Waals surface area contributed by atoms with Gasteiger partial charge in [-0.05, 0) is 0 Å². The van der Waals surface area contributed by atoms with E-state index in [9.17, 15) is 0 Å². The van der Waals surface area contributed by atoms with Crippen molar-refractivity contribution < 1.29 is 14.9 Å². The Bertz CT molecular complexity index is 95.1. The van der Waals surface area contributed by atoms with Crippen molar-refractivity contribution >= 4 is 0 Å². The number of ether oxygens (including phenoxy) is 1. The lowest BCUT2D eigenvalue weighted by Gasteiger charge is -2.09. The maximum absolute atomic E-state index is 8.44. The Morgan fingerprint density at radius 3 is 2.43 bits per heavy atom. The lowest BCUT2D eigenvalue weighted by Crippen LogP contribution is -2.24. The van der Waals surface area contributed by atoms with Gasteiger partial charge in [-0.3, -0.25) is 0 Å². The molecule has 0 aromatic heterocycles. The summed E-state index contributed by atoms with van der Waals surface area (Å²) >= 11 is 0. The molecule has 0 aromatic rings. The Morgan fingerprint density at radius 2 is 2.29 bits per heavy atom. The van der Waals surface area contributed by atoms with Gasteiger partial charge >= 0.3 is 0 Å². The Morgan fingerprint density at radius 1 is 1.57 bits per heavy atom. The van der Waals surface area contributed by atoms with Crippen LogP contribution in [0, 0.1) is 0 Å². The van der Waals surface area contributed by atoms with E-state index in [1.807, 2.05) is 0 Å². The topological polar surface area (TPSA) is 49.7 Å². The minimum atomic E-state index is -1.99. The van der Waals surface area contributed by atoms with E-state index in [1.54, 1.807) is 6.08 Å². The van der Waals surface area contributed by atoms with Crippen molar-refractivity contribution in [3.63, 3.8) is 0 Å². The monoisotopic (exact) mass is 102 g/mol. The maximum atomic E-state index is 8.44. The fraction of sp³-hybridized carbons (Fsp3) is 0.500. The number of aliphatic hydroxyl groups is 2. The van der Waals surface area contributed by atoms with Gasteiger partial charge in [-0.1, -0.05) is 6.08 Å². The molecule has 3 nitrogen and oxygen atoms in total. The minimum Gasteiger partial charge on any atom is -0.340 e. The summed E-state index contributed by atoms with van der Waals surface area (Å²) < 4.78 is 4.34. The van der Waals surface area contributed by atoms with E-state index in [2.05, 4.69) is 4.74 Å². The molecule has 1 heterocycles. The smallest absolute Gasteiger partial charge is 0.299 e. The van der Waals surface area contributed by atoms with Gasteiger partial charge in [0, 0.05) is 6.08 Å². The fourth-order valence-corrected chi connectivity index (χ4v) is 0.421. The summed E-state index contributed by atoms with van der Waals surface area (Å²) in [4.78, 5) is 0. The van der Waals surface area contributed by atoms with Gasteiger partial charge in [0.2, 0.25) is 0 Å². The fourth-order valence-electron chi connectivity index (χ4n) is 0.421. The highest BCUT2D eigenvalue weighted by molar-refractivity contribution is 4.94. The SMILES string of the molecule is OC1(O)C=CCO1. The molecule has 0 saturated heterocycles. The van der Waals surface area contributed by atoms with Crippen LogP contribution in [-0.4, -0.2) is 22.8 Å². The summed E-state index contributed by atoms with van der Waals surface area (Å²) in [5.41, 5.74) is 0. The zero-order valence-corrected chi connectivity index (χ0v) is 3.66. The lowest BCUT2D eigenvalue weighted by molar-refractivity contribution is -0.288. The standard InChI is InChI=1S/C4H6O3/c5-4(6)2-1-3-7-4/h1-2,5-6H,3H2. The van der Waals surface area contributed by atoms with Gasteiger partial charge in [-0.15, -0.1) is 0 Å².